The SMILES string of the molecule is CC(=O)N1CCC(=O)C(C(=O)c2ccc(C)cc2)C1. The maximum absolute atomic E-state index is 12.3. The van der Waals surface area contributed by atoms with E-state index in [1.165, 1.54) is 6.92 Å². The summed E-state index contributed by atoms with van der Waals surface area (Å²) < 4.78 is 0. The molecular formula is C15H17NO3. The van der Waals surface area contributed by atoms with E-state index in [0.29, 0.717) is 12.1 Å². The van der Waals surface area contributed by atoms with Crippen molar-refractivity contribution in [3.05, 3.63) is 35.4 Å². The molecule has 1 saturated heterocycles. The molecule has 100 valence electrons. The predicted molar refractivity (Wildman–Crippen MR) is 70.9 cm³/mol. The number of hydrogen-bond acceptors (Lipinski definition) is 3. The summed E-state index contributed by atoms with van der Waals surface area (Å²) >= 11 is 0. The number of Topliss-reactive ketones (excluding diaryl/α,β-unsaturated/α-hetero) is 2. The lowest BCUT2D eigenvalue weighted by molar-refractivity contribution is -0.134. The first-order valence-corrected chi connectivity index (χ1v) is 6.38. The van der Waals surface area contributed by atoms with E-state index in [0.717, 1.165) is 5.56 Å². The van der Waals surface area contributed by atoms with Crippen molar-refractivity contribution in [3.8, 4) is 0 Å². The molecule has 1 fully saturated rings. The van der Waals surface area contributed by atoms with Crippen LogP contribution in [0.1, 0.15) is 29.3 Å². The number of rotatable bonds is 2. The lowest BCUT2D eigenvalue weighted by Gasteiger charge is -2.30. The number of hydrogen-bond donors (Lipinski definition) is 0. The number of aryl methyl sites for hydroxylation is 1. The topological polar surface area (TPSA) is 54.5 Å². The van der Waals surface area contributed by atoms with Crippen LogP contribution in [0.15, 0.2) is 24.3 Å². The van der Waals surface area contributed by atoms with Gasteiger partial charge in [0, 0.05) is 32.0 Å². The van der Waals surface area contributed by atoms with Crippen LogP contribution < -0.4 is 0 Å². The molecule has 0 aromatic heterocycles. The zero-order chi connectivity index (χ0) is 14.0. The van der Waals surface area contributed by atoms with Crippen LogP contribution in [-0.2, 0) is 9.59 Å². The van der Waals surface area contributed by atoms with Gasteiger partial charge in [0.05, 0.1) is 5.92 Å². The second-order valence-corrected chi connectivity index (χ2v) is 4.96. The van der Waals surface area contributed by atoms with Crippen molar-refractivity contribution in [1.29, 1.82) is 0 Å². The third kappa shape index (κ3) is 2.89. The van der Waals surface area contributed by atoms with E-state index in [9.17, 15) is 14.4 Å². The van der Waals surface area contributed by atoms with E-state index in [-0.39, 0.29) is 30.4 Å². The van der Waals surface area contributed by atoms with Crippen LogP contribution in [0.25, 0.3) is 0 Å². The highest BCUT2D eigenvalue weighted by molar-refractivity contribution is 6.11. The van der Waals surface area contributed by atoms with Crippen molar-refractivity contribution in [3.63, 3.8) is 0 Å². The molecule has 19 heavy (non-hydrogen) atoms. The average Bonchev–Trinajstić information content (AvgIpc) is 2.39. The van der Waals surface area contributed by atoms with E-state index in [1.54, 1.807) is 17.0 Å². The zero-order valence-electron chi connectivity index (χ0n) is 11.2. The van der Waals surface area contributed by atoms with Gasteiger partial charge in [-0.25, -0.2) is 0 Å². The number of likely N-dealkylation sites (tertiary alicyclic amines) is 1. The Bertz CT molecular complexity index is 519. The molecule has 1 unspecified atom stereocenters. The predicted octanol–water partition coefficient (Wildman–Crippen LogP) is 1.62. The average molecular weight is 259 g/mol. The molecule has 0 N–H and O–H groups in total. The van der Waals surface area contributed by atoms with Gasteiger partial charge >= 0.3 is 0 Å². The highest BCUT2D eigenvalue weighted by Gasteiger charge is 2.34. The summed E-state index contributed by atoms with van der Waals surface area (Å²) in [6.07, 6.45) is 0.266. The Balaban J connectivity index is 2.19. The normalized spacial score (nSPS) is 19.4. The van der Waals surface area contributed by atoms with Gasteiger partial charge < -0.3 is 4.90 Å². The molecule has 0 aliphatic carbocycles. The summed E-state index contributed by atoms with van der Waals surface area (Å²) in [6.45, 7) is 4.04. The van der Waals surface area contributed by atoms with Crippen LogP contribution in [0.2, 0.25) is 0 Å². The third-order valence-corrected chi connectivity index (χ3v) is 3.52. The van der Waals surface area contributed by atoms with Crippen LogP contribution >= 0.6 is 0 Å². The number of ketones is 2. The Hall–Kier alpha value is -1.97. The lowest BCUT2D eigenvalue weighted by Crippen LogP contribution is -2.46. The van der Waals surface area contributed by atoms with Gasteiger partial charge in [-0.3, -0.25) is 14.4 Å². The minimum Gasteiger partial charge on any atom is -0.341 e. The first-order valence-electron chi connectivity index (χ1n) is 6.38. The van der Waals surface area contributed by atoms with Gasteiger partial charge in [-0.15, -0.1) is 0 Å². The van der Waals surface area contributed by atoms with Gasteiger partial charge in [-0.1, -0.05) is 29.8 Å². The first kappa shape index (κ1) is 13.5. The molecule has 1 aromatic rings. The molecule has 0 radical (unpaired) electrons. The molecular weight excluding hydrogens is 242 g/mol. The van der Waals surface area contributed by atoms with Crippen molar-refractivity contribution in [1.82, 2.24) is 4.90 Å². The summed E-state index contributed by atoms with van der Waals surface area (Å²) in [5.41, 5.74) is 1.60. The molecule has 1 aromatic carbocycles. The number of piperidine rings is 1. The number of nitrogens with zero attached hydrogens (tertiary/aromatic N) is 1. The largest absolute Gasteiger partial charge is 0.341 e. The number of benzene rings is 1. The molecule has 0 saturated carbocycles. The van der Waals surface area contributed by atoms with Gasteiger partial charge in [0.2, 0.25) is 5.91 Å². The van der Waals surface area contributed by atoms with E-state index in [4.69, 9.17) is 0 Å². The van der Waals surface area contributed by atoms with Gasteiger partial charge in [-0.05, 0) is 6.92 Å². The highest BCUT2D eigenvalue weighted by atomic mass is 16.2. The summed E-state index contributed by atoms with van der Waals surface area (Å²) in [6, 6.07) is 7.17. The van der Waals surface area contributed by atoms with E-state index in [1.807, 2.05) is 19.1 Å². The molecule has 1 heterocycles. The minimum absolute atomic E-state index is 0.0666. The fraction of sp³-hybridized carbons (Fsp3) is 0.400. The van der Waals surface area contributed by atoms with Crippen molar-refractivity contribution < 1.29 is 14.4 Å². The van der Waals surface area contributed by atoms with Gasteiger partial charge in [-0.2, -0.15) is 0 Å². The Morgan fingerprint density at radius 1 is 1.21 bits per heavy atom. The fourth-order valence-corrected chi connectivity index (χ4v) is 2.27. The summed E-state index contributed by atoms with van der Waals surface area (Å²) in [7, 11) is 0. The molecule has 0 bridgehead atoms. The third-order valence-electron chi connectivity index (χ3n) is 3.52. The van der Waals surface area contributed by atoms with Gasteiger partial charge in [0.15, 0.2) is 5.78 Å². The second kappa shape index (κ2) is 5.34. The van der Waals surface area contributed by atoms with Crippen LogP contribution in [0.3, 0.4) is 0 Å². The Kier molecular flexibility index (Phi) is 3.79. The van der Waals surface area contributed by atoms with Crippen LogP contribution in [0.5, 0.6) is 0 Å². The van der Waals surface area contributed by atoms with Crippen molar-refractivity contribution in [2.45, 2.75) is 20.3 Å². The first-order chi connectivity index (χ1) is 8.99. The molecule has 4 heteroatoms. The van der Waals surface area contributed by atoms with Crippen molar-refractivity contribution in [2.24, 2.45) is 5.92 Å². The Morgan fingerprint density at radius 3 is 2.42 bits per heavy atom. The summed E-state index contributed by atoms with van der Waals surface area (Å²) in [4.78, 5) is 37.1. The number of carbonyl (C=O) groups excluding carboxylic acids is 3. The monoisotopic (exact) mass is 259 g/mol. The standard InChI is InChI=1S/C15H17NO3/c1-10-3-5-12(6-4-10)15(19)13-9-16(11(2)17)8-7-14(13)18/h3-6,13H,7-9H2,1-2H3. The van der Waals surface area contributed by atoms with Crippen LogP contribution in [0.4, 0.5) is 0 Å². The van der Waals surface area contributed by atoms with E-state index >= 15 is 0 Å². The summed E-state index contributed by atoms with van der Waals surface area (Å²) in [5, 5.41) is 0. The minimum atomic E-state index is -0.708. The van der Waals surface area contributed by atoms with Gasteiger partial charge in [0.1, 0.15) is 5.78 Å². The van der Waals surface area contributed by atoms with Crippen LogP contribution in [-0.4, -0.2) is 35.5 Å². The molecule has 0 spiro atoms. The molecule has 2 rings (SSSR count). The molecule has 1 aliphatic rings. The summed E-state index contributed by atoms with van der Waals surface area (Å²) in [5.74, 6) is -1.05. The molecule has 4 nitrogen and oxygen atoms in total. The van der Waals surface area contributed by atoms with E-state index in [2.05, 4.69) is 0 Å². The van der Waals surface area contributed by atoms with Crippen LogP contribution in [0, 0.1) is 12.8 Å². The van der Waals surface area contributed by atoms with Crippen molar-refractivity contribution in [2.75, 3.05) is 13.1 Å². The number of amides is 1. The van der Waals surface area contributed by atoms with E-state index < -0.39 is 5.92 Å². The molecule has 1 aliphatic heterocycles. The van der Waals surface area contributed by atoms with Crippen molar-refractivity contribution >= 4 is 17.5 Å². The quantitative estimate of drug-likeness (QED) is 0.599. The smallest absolute Gasteiger partial charge is 0.219 e. The second-order valence-electron chi connectivity index (χ2n) is 4.96. The lowest BCUT2D eigenvalue weighted by atomic mass is 9.88. The highest BCUT2D eigenvalue weighted by Crippen LogP contribution is 2.18. The molecule has 1 amide bonds. The molecule has 1 atom stereocenters. The number of carbonyl (C=O) groups is 3. The maximum Gasteiger partial charge on any atom is 0.219 e. The maximum atomic E-state index is 12.3. The fourth-order valence-electron chi connectivity index (χ4n) is 2.27. The van der Waals surface area contributed by atoms with Gasteiger partial charge in [0.25, 0.3) is 0 Å². The zero-order valence-corrected chi connectivity index (χ0v) is 11.2. The Morgan fingerprint density at radius 2 is 1.84 bits per heavy atom. The Labute approximate surface area is 112 Å².